The summed E-state index contributed by atoms with van der Waals surface area (Å²) in [5, 5.41) is 0. The first-order valence-electron chi connectivity index (χ1n) is 4.71. The molecule has 0 unspecified atom stereocenters. The van der Waals surface area contributed by atoms with E-state index in [0.717, 1.165) is 5.56 Å². The topological polar surface area (TPSA) is 17.1 Å². The molecular weight excluding hydrogens is 184 g/mol. The van der Waals surface area contributed by atoms with E-state index < -0.39 is 0 Å². The van der Waals surface area contributed by atoms with E-state index in [-0.39, 0.29) is 5.78 Å². The molecule has 1 nitrogen and oxygen atoms in total. The second-order valence-corrected chi connectivity index (χ2v) is 2.98. The Kier molecular flexibility index (Phi) is 4.88. The summed E-state index contributed by atoms with van der Waals surface area (Å²) in [6, 6.07) is 10.0. The maximum absolute atomic E-state index is 10.4. The smallest absolute Gasteiger partial charge is 0.156 e. The first-order chi connectivity index (χ1) is 7.29. The molecule has 1 radical (unpaired) electrons. The number of hydrogen-bond donors (Lipinski definition) is 0. The van der Waals surface area contributed by atoms with Crippen molar-refractivity contribution in [3.63, 3.8) is 0 Å². The molecule has 0 aromatic heterocycles. The Balaban J connectivity index is 2.44. The first-order valence-corrected chi connectivity index (χ1v) is 4.71. The maximum Gasteiger partial charge on any atom is 0.156 e. The van der Waals surface area contributed by atoms with Gasteiger partial charge in [0.25, 0.3) is 0 Å². The minimum absolute atomic E-state index is 0.188. The van der Waals surface area contributed by atoms with Gasteiger partial charge in [-0.25, -0.2) is 0 Å². The lowest BCUT2D eigenvalue weighted by molar-refractivity contribution is -0.110. The van der Waals surface area contributed by atoms with Crippen LogP contribution in [0.3, 0.4) is 0 Å². The van der Waals surface area contributed by atoms with Crippen LogP contribution < -0.4 is 0 Å². The van der Waals surface area contributed by atoms with Crippen LogP contribution in [0.25, 0.3) is 6.08 Å². The molecule has 0 spiro atoms. The van der Waals surface area contributed by atoms with E-state index >= 15 is 0 Å². The average Bonchev–Trinajstić information content (AvgIpc) is 2.24. The van der Waals surface area contributed by atoms with E-state index in [1.807, 2.05) is 48.6 Å². The van der Waals surface area contributed by atoms with Crippen molar-refractivity contribution in [1.82, 2.24) is 0 Å². The van der Waals surface area contributed by atoms with Crippen molar-refractivity contribution >= 4 is 11.9 Å². The fourth-order valence-electron chi connectivity index (χ4n) is 1.02. The summed E-state index contributed by atoms with van der Waals surface area (Å²) in [5.41, 5.74) is 1.15. The van der Waals surface area contributed by atoms with Crippen molar-refractivity contribution in [2.24, 2.45) is 0 Å². The lowest BCUT2D eigenvalue weighted by Gasteiger charge is -1.87. The van der Waals surface area contributed by atoms with Crippen molar-refractivity contribution < 1.29 is 4.79 Å². The van der Waals surface area contributed by atoms with Crippen LogP contribution in [-0.4, -0.2) is 5.78 Å². The molecule has 0 aliphatic carbocycles. The minimum atomic E-state index is -0.188. The van der Waals surface area contributed by atoms with Crippen LogP contribution in [0.5, 0.6) is 0 Å². The average molecular weight is 197 g/mol. The van der Waals surface area contributed by atoms with Crippen LogP contribution in [0.15, 0.2) is 60.7 Å². The molecule has 0 saturated carbocycles. The number of hydrogen-bond acceptors (Lipinski definition) is 1. The Morgan fingerprint density at radius 2 is 1.67 bits per heavy atom. The summed E-state index contributed by atoms with van der Waals surface area (Å²) in [6.07, 6.45) is 10.7. The van der Waals surface area contributed by atoms with Gasteiger partial charge in [-0.15, -0.1) is 0 Å². The Labute approximate surface area is 90.4 Å². The third-order valence-corrected chi connectivity index (χ3v) is 1.70. The molecule has 0 bridgehead atoms. The zero-order chi connectivity index (χ0) is 10.9. The number of ketones is 1. The molecule has 0 fully saturated rings. The molecule has 75 valence electrons. The molecule has 15 heavy (non-hydrogen) atoms. The van der Waals surface area contributed by atoms with Gasteiger partial charge >= 0.3 is 0 Å². The largest absolute Gasteiger partial charge is 0.295 e. The van der Waals surface area contributed by atoms with Crippen LogP contribution in [0.2, 0.25) is 0 Å². The number of carbonyl (C=O) groups excluding carboxylic acids is 1. The van der Waals surface area contributed by atoms with Crippen molar-refractivity contribution in [1.29, 1.82) is 0 Å². The summed E-state index contributed by atoms with van der Waals surface area (Å²) in [5.74, 6) is -0.188. The van der Waals surface area contributed by atoms with Gasteiger partial charge < -0.3 is 0 Å². The van der Waals surface area contributed by atoms with Crippen LogP contribution in [-0.2, 0) is 4.79 Å². The predicted molar refractivity (Wildman–Crippen MR) is 64.1 cm³/mol. The standard InChI is InChI=1S/C14H13O/c1-13(15)9-5-2-3-6-10-14-11-7-4-8-12-14/h2-12H,1H2. The minimum Gasteiger partial charge on any atom is -0.295 e. The van der Waals surface area contributed by atoms with E-state index in [4.69, 9.17) is 0 Å². The van der Waals surface area contributed by atoms with Gasteiger partial charge in [-0.2, -0.15) is 0 Å². The zero-order valence-corrected chi connectivity index (χ0v) is 8.47. The highest BCUT2D eigenvalue weighted by Gasteiger charge is 1.79. The molecule has 0 aliphatic rings. The maximum atomic E-state index is 10.4. The number of allylic oxidation sites excluding steroid dienone is 5. The Morgan fingerprint density at radius 1 is 1.00 bits per heavy atom. The second-order valence-electron chi connectivity index (χ2n) is 2.98. The highest BCUT2D eigenvalue weighted by Crippen LogP contribution is 2.00. The van der Waals surface area contributed by atoms with Gasteiger partial charge in [0.1, 0.15) is 0 Å². The lowest BCUT2D eigenvalue weighted by Crippen LogP contribution is -1.77. The van der Waals surface area contributed by atoms with Crippen LogP contribution >= 0.6 is 0 Å². The molecule has 1 rings (SSSR count). The number of carbonyl (C=O) groups is 1. The fourth-order valence-corrected chi connectivity index (χ4v) is 1.02. The normalized spacial score (nSPS) is 11.8. The third-order valence-electron chi connectivity index (χ3n) is 1.70. The second kappa shape index (κ2) is 6.55. The monoisotopic (exact) mass is 197 g/mol. The van der Waals surface area contributed by atoms with Crippen molar-refractivity contribution in [2.45, 2.75) is 0 Å². The van der Waals surface area contributed by atoms with Gasteiger partial charge in [0, 0.05) is 6.92 Å². The zero-order valence-electron chi connectivity index (χ0n) is 8.47. The Hall–Kier alpha value is -1.89. The van der Waals surface area contributed by atoms with Gasteiger partial charge in [0.05, 0.1) is 0 Å². The van der Waals surface area contributed by atoms with E-state index in [9.17, 15) is 4.79 Å². The molecule has 0 saturated heterocycles. The van der Waals surface area contributed by atoms with Gasteiger partial charge in [0.15, 0.2) is 5.78 Å². The Morgan fingerprint density at radius 3 is 2.33 bits per heavy atom. The van der Waals surface area contributed by atoms with E-state index in [2.05, 4.69) is 6.92 Å². The van der Waals surface area contributed by atoms with E-state index in [1.54, 1.807) is 12.2 Å². The molecule has 1 aromatic carbocycles. The van der Waals surface area contributed by atoms with Crippen LogP contribution in [0.1, 0.15) is 5.56 Å². The summed E-state index contributed by atoms with van der Waals surface area (Å²) in [4.78, 5) is 10.4. The molecule has 0 atom stereocenters. The molecule has 0 aliphatic heterocycles. The summed E-state index contributed by atoms with van der Waals surface area (Å²) in [6.45, 7) is 3.23. The quantitative estimate of drug-likeness (QED) is 0.535. The Bertz CT molecular complexity index is 383. The van der Waals surface area contributed by atoms with Crippen molar-refractivity contribution in [2.75, 3.05) is 0 Å². The van der Waals surface area contributed by atoms with Crippen molar-refractivity contribution in [3.8, 4) is 0 Å². The lowest BCUT2D eigenvalue weighted by atomic mass is 10.2. The molecule has 0 amide bonds. The van der Waals surface area contributed by atoms with E-state index in [0.29, 0.717) is 0 Å². The molecule has 1 aromatic rings. The fraction of sp³-hybridized carbons (Fsp3) is 0. The molecule has 1 heteroatoms. The summed E-state index contributed by atoms with van der Waals surface area (Å²) in [7, 11) is 0. The molecular formula is C14H13O. The number of benzene rings is 1. The first kappa shape index (κ1) is 11.2. The van der Waals surface area contributed by atoms with Crippen molar-refractivity contribution in [3.05, 3.63) is 73.2 Å². The van der Waals surface area contributed by atoms with Gasteiger partial charge in [0.2, 0.25) is 0 Å². The van der Waals surface area contributed by atoms with Crippen LogP contribution in [0, 0.1) is 6.92 Å². The highest BCUT2D eigenvalue weighted by molar-refractivity contribution is 5.93. The summed E-state index contributed by atoms with van der Waals surface area (Å²) < 4.78 is 0. The third kappa shape index (κ3) is 5.42. The SMILES string of the molecule is [CH2]C(=O)C=CC=CC=Cc1ccccc1. The summed E-state index contributed by atoms with van der Waals surface area (Å²) >= 11 is 0. The molecule has 0 N–H and O–H groups in total. The van der Waals surface area contributed by atoms with Gasteiger partial charge in [-0.3, -0.25) is 4.79 Å². The highest BCUT2D eigenvalue weighted by atomic mass is 16.1. The van der Waals surface area contributed by atoms with E-state index in [1.165, 1.54) is 6.08 Å². The van der Waals surface area contributed by atoms with Crippen LogP contribution in [0.4, 0.5) is 0 Å². The predicted octanol–water partition coefficient (Wildman–Crippen LogP) is 3.22. The molecule has 0 heterocycles. The number of rotatable bonds is 4. The van der Waals surface area contributed by atoms with Gasteiger partial charge in [-0.1, -0.05) is 60.7 Å². The van der Waals surface area contributed by atoms with Gasteiger partial charge in [-0.05, 0) is 11.6 Å².